The van der Waals surface area contributed by atoms with Crippen molar-refractivity contribution in [1.29, 1.82) is 0 Å². The summed E-state index contributed by atoms with van der Waals surface area (Å²) in [5.41, 5.74) is 2.00. The van der Waals surface area contributed by atoms with E-state index in [-0.39, 0.29) is 18.0 Å². The van der Waals surface area contributed by atoms with Gasteiger partial charge in [0.05, 0.1) is 0 Å². The van der Waals surface area contributed by atoms with E-state index < -0.39 is 0 Å². The zero-order valence-electron chi connectivity index (χ0n) is 13.9. The number of anilines is 3. The number of urea groups is 1. The first-order valence-electron chi connectivity index (χ1n) is 8.45. The van der Waals surface area contributed by atoms with Crippen molar-refractivity contribution < 1.29 is 9.59 Å². The smallest absolute Gasteiger partial charge is 0.323 e. The first kappa shape index (κ1) is 17.0. The molecule has 1 fully saturated rings. The van der Waals surface area contributed by atoms with E-state index in [1.54, 1.807) is 24.3 Å². The molecule has 1 aliphatic rings. The summed E-state index contributed by atoms with van der Waals surface area (Å²) in [6.07, 6.45) is 2.62. The largest absolute Gasteiger partial charge is 0.326 e. The van der Waals surface area contributed by atoms with Crippen molar-refractivity contribution in [3.8, 4) is 0 Å². The van der Waals surface area contributed by atoms with Gasteiger partial charge in [-0.15, -0.1) is 0 Å². The number of rotatable bonds is 5. The summed E-state index contributed by atoms with van der Waals surface area (Å²) in [5, 5.41) is 11.7. The number of nitrogens with one attached hydrogen (secondary N) is 4. The average molecular weight is 338 g/mol. The van der Waals surface area contributed by atoms with Gasteiger partial charge in [0.1, 0.15) is 0 Å². The van der Waals surface area contributed by atoms with Crippen molar-refractivity contribution >= 4 is 29.0 Å². The molecule has 1 saturated heterocycles. The van der Waals surface area contributed by atoms with E-state index in [0.717, 1.165) is 19.4 Å². The SMILES string of the molecule is O=C(CC1CCCN1)Nc1cccc(NC(=O)Nc2ccccc2)c1. The van der Waals surface area contributed by atoms with Crippen molar-refractivity contribution in [3.63, 3.8) is 0 Å². The van der Waals surface area contributed by atoms with E-state index in [9.17, 15) is 9.59 Å². The first-order chi connectivity index (χ1) is 12.2. The van der Waals surface area contributed by atoms with Crippen LogP contribution in [-0.4, -0.2) is 24.5 Å². The van der Waals surface area contributed by atoms with Gasteiger partial charge >= 0.3 is 6.03 Å². The van der Waals surface area contributed by atoms with Crippen molar-refractivity contribution in [2.45, 2.75) is 25.3 Å². The van der Waals surface area contributed by atoms with E-state index in [4.69, 9.17) is 0 Å². The fraction of sp³-hybridized carbons (Fsp3) is 0.263. The van der Waals surface area contributed by atoms with Gasteiger partial charge in [-0.05, 0) is 49.7 Å². The lowest BCUT2D eigenvalue weighted by Crippen LogP contribution is -2.27. The number of hydrogen-bond donors (Lipinski definition) is 4. The minimum Gasteiger partial charge on any atom is -0.326 e. The lowest BCUT2D eigenvalue weighted by atomic mass is 10.1. The Bertz CT molecular complexity index is 727. The number of benzene rings is 2. The predicted octanol–water partition coefficient (Wildman–Crippen LogP) is 3.41. The molecule has 3 rings (SSSR count). The third kappa shape index (κ3) is 5.32. The van der Waals surface area contributed by atoms with Gasteiger partial charge in [-0.25, -0.2) is 4.79 Å². The molecule has 1 heterocycles. The normalized spacial score (nSPS) is 16.2. The molecular weight excluding hydrogens is 316 g/mol. The molecule has 4 N–H and O–H groups in total. The van der Waals surface area contributed by atoms with Gasteiger partial charge in [0.2, 0.25) is 5.91 Å². The van der Waals surface area contributed by atoms with Crippen LogP contribution in [0.25, 0.3) is 0 Å². The van der Waals surface area contributed by atoms with E-state index in [1.807, 2.05) is 30.3 Å². The van der Waals surface area contributed by atoms with Crippen LogP contribution >= 0.6 is 0 Å². The monoisotopic (exact) mass is 338 g/mol. The predicted molar refractivity (Wildman–Crippen MR) is 99.8 cm³/mol. The highest BCUT2D eigenvalue weighted by Gasteiger charge is 2.17. The van der Waals surface area contributed by atoms with E-state index in [0.29, 0.717) is 23.5 Å². The number of carbonyl (C=O) groups is 2. The Kier molecular flexibility index (Phi) is 5.64. The standard InChI is InChI=1S/C19H22N4O2/c24-18(13-15-10-5-11-20-15)21-16-8-4-9-17(12-16)23-19(25)22-14-6-2-1-3-7-14/h1-4,6-9,12,15,20H,5,10-11,13H2,(H,21,24)(H2,22,23,25). The Morgan fingerprint density at radius 1 is 0.920 bits per heavy atom. The molecule has 2 aromatic rings. The first-order valence-corrected chi connectivity index (χ1v) is 8.45. The molecule has 1 unspecified atom stereocenters. The minimum atomic E-state index is -0.329. The average Bonchev–Trinajstić information content (AvgIpc) is 3.08. The zero-order valence-corrected chi connectivity index (χ0v) is 13.9. The summed E-state index contributed by atoms with van der Waals surface area (Å²) >= 11 is 0. The molecule has 25 heavy (non-hydrogen) atoms. The third-order valence-corrected chi connectivity index (χ3v) is 4.03. The molecule has 130 valence electrons. The highest BCUT2D eigenvalue weighted by Crippen LogP contribution is 2.17. The Hall–Kier alpha value is -2.86. The number of para-hydroxylation sites is 1. The van der Waals surface area contributed by atoms with Gasteiger partial charge in [-0.3, -0.25) is 4.79 Å². The molecule has 6 nitrogen and oxygen atoms in total. The number of carbonyl (C=O) groups excluding carboxylic acids is 2. The minimum absolute atomic E-state index is 0.0229. The topological polar surface area (TPSA) is 82.3 Å². The second kappa shape index (κ2) is 8.30. The summed E-state index contributed by atoms with van der Waals surface area (Å²) in [6.45, 7) is 0.980. The summed E-state index contributed by atoms with van der Waals surface area (Å²) in [5.74, 6) is -0.0229. The van der Waals surface area contributed by atoms with Crippen LogP contribution in [-0.2, 0) is 4.79 Å². The van der Waals surface area contributed by atoms with Gasteiger partial charge in [0.15, 0.2) is 0 Å². The van der Waals surface area contributed by atoms with Crippen molar-refractivity contribution in [2.75, 3.05) is 22.5 Å². The Balaban J connectivity index is 1.53. The molecule has 1 aliphatic heterocycles. The van der Waals surface area contributed by atoms with Crippen LogP contribution in [0.4, 0.5) is 21.9 Å². The Labute approximate surface area is 147 Å². The zero-order chi connectivity index (χ0) is 17.5. The summed E-state index contributed by atoms with van der Waals surface area (Å²) in [7, 11) is 0. The van der Waals surface area contributed by atoms with E-state index in [1.165, 1.54) is 0 Å². The van der Waals surface area contributed by atoms with E-state index >= 15 is 0 Å². The second-order valence-electron chi connectivity index (χ2n) is 6.07. The highest BCUT2D eigenvalue weighted by molar-refractivity contribution is 6.00. The van der Waals surface area contributed by atoms with Gasteiger partial charge in [0.25, 0.3) is 0 Å². The maximum atomic E-state index is 12.1. The second-order valence-corrected chi connectivity index (χ2v) is 6.07. The molecule has 6 heteroatoms. The van der Waals surface area contributed by atoms with Crippen LogP contribution in [0.2, 0.25) is 0 Å². The molecular formula is C19H22N4O2. The van der Waals surface area contributed by atoms with Crippen LogP contribution in [0.3, 0.4) is 0 Å². The lowest BCUT2D eigenvalue weighted by molar-refractivity contribution is -0.116. The molecule has 0 bridgehead atoms. The molecule has 0 radical (unpaired) electrons. The maximum absolute atomic E-state index is 12.1. The third-order valence-electron chi connectivity index (χ3n) is 4.03. The maximum Gasteiger partial charge on any atom is 0.323 e. The van der Waals surface area contributed by atoms with E-state index in [2.05, 4.69) is 21.3 Å². The van der Waals surface area contributed by atoms with Gasteiger partial charge < -0.3 is 21.3 Å². The molecule has 0 spiro atoms. The highest BCUT2D eigenvalue weighted by atomic mass is 16.2. The van der Waals surface area contributed by atoms with Crippen molar-refractivity contribution in [2.24, 2.45) is 0 Å². The van der Waals surface area contributed by atoms with Crippen LogP contribution in [0.15, 0.2) is 54.6 Å². The molecule has 0 saturated carbocycles. The quantitative estimate of drug-likeness (QED) is 0.674. The fourth-order valence-corrected chi connectivity index (χ4v) is 2.86. The summed E-state index contributed by atoms with van der Waals surface area (Å²) < 4.78 is 0. The lowest BCUT2D eigenvalue weighted by Gasteiger charge is -2.12. The van der Waals surface area contributed by atoms with Gasteiger partial charge in [-0.2, -0.15) is 0 Å². The van der Waals surface area contributed by atoms with Crippen LogP contribution in [0.5, 0.6) is 0 Å². The van der Waals surface area contributed by atoms with Crippen molar-refractivity contribution in [1.82, 2.24) is 5.32 Å². The number of hydrogen-bond acceptors (Lipinski definition) is 3. The molecule has 1 atom stereocenters. The Morgan fingerprint density at radius 2 is 1.60 bits per heavy atom. The molecule has 3 amide bonds. The van der Waals surface area contributed by atoms with Crippen LogP contribution < -0.4 is 21.3 Å². The van der Waals surface area contributed by atoms with Gasteiger partial charge in [-0.1, -0.05) is 24.3 Å². The van der Waals surface area contributed by atoms with Crippen LogP contribution in [0.1, 0.15) is 19.3 Å². The fourth-order valence-electron chi connectivity index (χ4n) is 2.86. The summed E-state index contributed by atoms with van der Waals surface area (Å²) in [6, 6.07) is 16.3. The Morgan fingerprint density at radius 3 is 2.32 bits per heavy atom. The molecule has 0 aromatic heterocycles. The molecule has 0 aliphatic carbocycles. The summed E-state index contributed by atoms with van der Waals surface area (Å²) in [4.78, 5) is 24.1. The number of amides is 3. The van der Waals surface area contributed by atoms with Crippen molar-refractivity contribution in [3.05, 3.63) is 54.6 Å². The van der Waals surface area contributed by atoms with Gasteiger partial charge in [0, 0.05) is 29.5 Å². The molecule has 2 aromatic carbocycles. The van der Waals surface area contributed by atoms with Crippen LogP contribution in [0, 0.1) is 0 Å².